The highest BCUT2D eigenvalue weighted by Crippen LogP contribution is 2.27. The number of aldehydes is 1. The van der Waals surface area contributed by atoms with Crippen LogP contribution in [0.2, 0.25) is 0 Å². The highest BCUT2D eigenvalue weighted by molar-refractivity contribution is 5.73. The highest BCUT2D eigenvalue weighted by atomic mass is 19.1. The van der Waals surface area contributed by atoms with Crippen molar-refractivity contribution in [2.45, 2.75) is 0 Å². The van der Waals surface area contributed by atoms with Gasteiger partial charge in [0.2, 0.25) is 5.82 Å². The van der Waals surface area contributed by atoms with Gasteiger partial charge in [-0.3, -0.25) is 14.9 Å². The molecule has 1 aromatic carbocycles. The number of nitro benzene ring substituents is 1. The Morgan fingerprint density at radius 2 is 2.06 bits per heavy atom. The van der Waals surface area contributed by atoms with Crippen LogP contribution in [0.15, 0.2) is 34.7 Å². The Kier molecular flexibility index (Phi) is 2.70. The van der Waals surface area contributed by atoms with Gasteiger partial charge in [-0.25, -0.2) is 0 Å². The van der Waals surface area contributed by atoms with Crippen molar-refractivity contribution in [3.05, 3.63) is 52.0 Å². The molecule has 0 bridgehead atoms. The number of benzene rings is 1. The van der Waals surface area contributed by atoms with Crippen molar-refractivity contribution in [2.24, 2.45) is 0 Å². The third kappa shape index (κ3) is 2.05. The molecular weight excluding hydrogens is 229 g/mol. The minimum Gasteiger partial charge on any atom is -0.453 e. The molecule has 5 nitrogen and oxygen atoms in total. The minimum absolute atomic E-state index is 0.104. The molecule has 0 aliphatic rings. The largest absolute Gasteiger partial charge is 0.453 e. The maximum atomic E-state index is 13.1. The monoisotopic (exact) mass is 235 g/mol. The topological polar surface area (TPSA) is 73.3 Å². The van der Waals surface area contributed by atoms with Crippen LogP contribution < -0.4 is 0 Å². The fourth-order valence-corrected chi connectivity index (χ4v) is 1.38. The molecular formula is C11H6FNO4. The van der Waals surface area contributed by atoms with Crippen LogP contribution in [-0.4, -0.2) is 11.2 Å². The van der Waals surface area contributed by atoms with E-state index in [9.17, 15) is 19.3 Å². The molecule has 17 heavy (non-hydrogen) atoms. The van der Waals surface area contributed by atoms with Crippen LogP contribution in [0.25, 0.3) is 11.3 Å². The molecule has 0 aliphatic heterocycles. The first-order chi connectivity index (χ1) is 8.11. The van der Waals surface area contributed by atoms with Crippen LogP contribution in [0.1, 0.15) is 10.6 Å². The second-order valence-electron chi connectivity index (χ2n) is 3.24. The van der Waals surface area contributed by atoms with Gasteiger partial charge in [-0.15, -0.1) is 0 Å². The van der Waals surface area contributed by atoms with E-state index in [0.717, 1.165) is 12.1 Å². The number of nitro groups is 1. The van der Waals surface area contributed by atoms with Crippen molar-refractivity contribution in [1.82, 2.24) is 0 Å². The molecule has 86 valence electrons. The summed E-state index contributed by atoms with van der Waals surface area (Å²) in [5.74, 6) is -0.539. The Balaban J connectivity index is 2.49. The van der Waals surface area contributed by atoms with Crippen molar-refractivity contribution in [2.75, 3.05) is 0 Å². The maximum Gasteiger partial charge on any atom is 0.305 e. The van der Waals surface area contributed by atoms with Crippen LogP contribution in [0.4, 0.5) is 10.1 Å². The SMILES string of the molecule is O=Cc1ccc(-c2ccc(F)c([N+](=O)[O-])c2)o1. The van der Waals surface area contributed by atoms with E-state index in [-0.39, 0.29) is 11.5 Å². The summed E-state index contributed by atoms with van der Waals surface area (Å²) in [5, 5.41) is 10.5. The van der Waals surface area contributed by atoms with E-state index in [2.05, 4.69) is 0 Å². The van der Waals surface area contributed by atoms with E-state index in [1.54, 1.807) is 0 Å². The van der Waals surface area contributed by atoms with Crippen molar-refractivity contribution in [1.29, 1.82) is 0 Å². The lowest BCUT2D eigenvalue weighted by Crippen LogP contribution is -1.92. The number of carbonyl (C=O) groups is 1. The lowest BCUT2D eigenvalue weighted by molar-refractivity contribution is -0.387. The van der Waals surface area contributed by atoms with Crippen molar-refractivity contribution < 1.29 is 18.5 Å². The van der Waals surface area contributed by atoms with E-state index in [1.165, 1.54) is 18.2 Å². The van der Waals surface area contributed by atoms with Gasteiger partial charge in [0, 0.05) is 11.6 Å². The Morgan fingerprint density at radius 1 is 1.29 bits per heavy atom. The predicted molar refractivity (Wildman–Crippen MR) is 56.1 cm³/mol. The maximum absolute atomic E-state index is 13.1. The lowest BCUT2D eigenvalue weighted by Gasteiger charge is -1.98. The van der Waals surface area contributed by atoms with Gasteiger partial charge in [-0.1, -0.05) is 0 Å². The summed E-state index contributed by atoms with van der Waals surface area (Å²) >= 11 is 0. The molecule has 0 fully saturated rings. The molecule has 0 unspecified atom stereocenters. The van der Waals surface area contributed by atoms with Gasteiger partial charge in [0.1, 0.15) is 5.76 Å². The minimum atomic E-state index is -0.916. The van der Waals surface area contributed by atoms with Crippen molar-refractivity contribution >= 4 is 12.0 Å². The molecule has 0 aliphatic carbocycles. The molecule has 0 spiro atoms. The zero-order valence-corrected chi connectivity index (χ0v) is 8.42. The highest BCUT2D eigenvalue weighted by Gasteiger charge is 2.16. The molecule has 0 saturated heterocycles. The van der Waals surface area contributed by atoms with E-state index in [1.807, 2.05) is 0 Å². The Labute approximate surface area is 94.6 Å². The zero-order valence-electron chi connectivity index (χ0n) is 8.42. The van der Waals surface area contributed by atoms with Crippen molar-refractivity contribution in [3.63, 3.8) is 0 Å². The summed E-state index contributed by atoms with van der Waals surface area (Å²) in [6, 6.07) is 6.30. The Morgan fingerprint density at radius 3 is 2.65 bits per heavy atom. The standard InChI is InChI=1S/C11H6FNO4/c12-9-3-1-7(5-10(9)13(15)16)11-4-2-8(6-14)17-11/h1-6H. The molecule has 1 heterocycles. The number of nitrogens with zero attached hydrogens (tertiary/aromatic N) is 1. The van der Waals surface area contributed by atoms with Gasteiger partial charge in [0.05, 0.1) is 4.92 Å². The molecule has 6 heteroatoms. The molecule has 0 atom stereocenters. The zero-order chi connectivity index (χ0) is 12.4. The average molecular weight is 235 g/mol. The van der Waals surface area contributed by atoms with Crippen LogP contribution >= 0.6 is 0 Å². The molecule has 1 aromatic heterocycles. The smallest absolute Gasteiger partial charge is 0.305 e. The summed E-state index contributed by atoms with van der Waals surface area (Å²) < 4.78 is 18.2. The second-order valence-corrected chi connectivity index (χ2v) is 3.24. The van der Waals surface area contributed by atoms with Gasteiger partial charge in [0.15, 0.2) is 12.0 Å². The van der Waals surface area contributed by atoms with Crippen molar-refractivity contribution in [3.8, 4) is 11.3 Å². The summed E-state index contributed by atoms with van der Waals surface area (Å²) in [6.07, 6.45) is 0.515. The summed E-state index contributed by atoms with van der Waals surface area (Å²) in [6.45, 7) is 0. The third-order valence-corrected chi connectivity index (χ3v) is 2.17. The van der Waals surface area contributed by atoms with E-state index < -0.39 is 16.4 Å². The summed E-state index contributed by atoms with van der Waals surface area (Å²) in [5.41, 5.74) is -0.294. The van der Waals surface area contributed by atoms with Crippen LogP contribution in [0.5, 0.6) is 0 Å². The molecule has 0 N–H and O–H groups in total. The van der Waals surface area contributed by atoms with Crippen LogP contribution in [-0.2, 0) is 0 Å². The molecule has 2 rings (SSSR count). The summed E-state index contributed by atoms with van der Waals surface area (Å²) in [4.78, 5) is 20.1. The molecule has 0 saturated carbocycles. The quantitative estimate of drug-likeness (QED) is 0.465. The lowest BCUT2D eigenvalue weighted by atomic mass is 10.1. The number of hydrogen-bond donors (Lipinski definition) is 0. The summed E-state index contributed by atoms with van der Waals surface area (Å²) in [7, 11) is 0. The average Bonchev–Trinajstić information content (AvgIpc) is 2.78. The Bertz CT molecular complexity index is 591. The third-order valence-electron chi connectivity index (χ3n) is 2.17. The number of hydrogen-bond acceptors (Lipinski definition) is 4. The van der Waals surface area contributed by atoms with Gasteiger partial charge < -0.3 is 4.42 Å². The number of furan rings is 1. The molecule has 0 radical (unpaired) electrons. The van der Waals surface area contributed by atoms with Gasteiger partial charge in [-0.05, 0) is 24.3 Å². The van der Waals surface area contributed by atoms with E-state index in [4.69, 9.17) is 4.42 Å². The normalized spacial score (nSPS) is 10.2. The first-order valence-corrected chi connectivity index (χ1v) is 4.61. The second kappa shape index (κ2) is 4.17. The predicted octanol–water partition coefficient (Wildman–Crippen LogP) is 2.81. The number of halogens is 1. The van der Waals surface area contributed by atoms with Crippen LogP contribution in [0.3, 0.4) is 0 Å². The first kappa shape index (κ1) is 11.0. The van der Waals surface area contributed by atoms with Crippen LogP contribution in [0, 0.1) is 15.9 Å². The molecule has 0 amide bonds. The first-order valence-electron chi connectivity index (χ1n) is 4.61. The fourth-order valence-electron chi connectivity index (χ4n) is 1.38. The van der Waals surface area contributed by atoms with E-state index >= 15 is 0 Å². The molecule has 2 aromatic rings. The number of rotatable bonds is 3. The number of carbonyl (C=O) groups excluding carboxylic acids is 1. The van der Waals surface area contributed by atoms with E-state index in [0.29, 0.717) is 11.8 Å². The Hall–Kier alpha value is -2.50. The fraction of sp³-hybridized carbons (Fsp3) is 0. The van der Waals surface area contributed by atoms with Gasteiger partial charge in [0.25, 0.3) is 0 Å². The van der Waals surface area contributed by atoms with Gasteiger partial charge >= 0.3 is 5.69 Å². The van der Waals surface area contributed by atoms with Gasteiger partial charge in [-0.2, -0.15) is 4.39 Å².